The van der Waals surface area contributed by atoms with Gasteiger partial charge in [0.25, 0.3) is 9.84 Å². The van der Waals surface area contributed by atoms with Gasteiger partial charge in [0.05, 0.1) is 4.90 Å². The van der Waals surface area contributed by atoms with Crippen molar-refractivity contribution in [2.24, 2.45) is 0 Å². The Morgan fingerprint density at radius 1 is 1.06 bits per heavy atom. The molecule has 0 N–H and O–H groups in total. The topological polar surface area (TPSA) is 34.1 Å². The summed E-state index contributed by atoms with van der Waals surface area (Å²) in [4.78, 5) is -1.42. The van der Waals surface area contributed by atoms with Crippen molar-refractivity contribution in [2.45, 2.75) is 10.4 Å². The van der Waals surface area contributed by atoms with E-state index in [1.54, 1.807) is 0 Å². The summed E-state index contributed by atoms with van der Waals surface area (Å²) in [6.07, 6.45) is 0. The van der Waals surface area contributed by atoms with Crippen molar-refractivity contribution in [2.75, 3.05) is 0 Å². The van der Waals surface area contributed by atoms with Gasteiger partial charge >= 0.3 is 63.9 Å². The predicted molar refractivity (Wildman–Crippen MR) is 48.4 cm³/mol. The van der Waals surface area contributed by atoms with Crippen LogP contribution in [0.5, 0.6) is 0 Å². The molecule has 0 aliphatic heterocycles. The minimum Gasteiger partial charge on any atom is -0.445 e. The first-order valence-corrected chi connectivity index (χ1v) is 5.56. The molecule has 1 aromatic rings. The van der Waals surface area contributed by atoms with E-state index in [4.69, 9.17) is 0 Å². The molecule has 0 aliphatic rings. The van der Waals surface area contributed by atoms with Gasteiger partial charge in [-0.15, -0.1) is 5.46 Å². The zero-order valence-electron chi connectivity index (χ0n) is 8.88. The molecule has 0 saturated carbocycles. The molecule has 0 amide bonds. The molecule has 0 atom stereocenters. The summed E-state index contributed by atoms with van der Waals surface area (Å²) in [6.45, 7) is -5.55. The van der Waals surface area contributed by atoms with Gasteiger partial charge in [0.15, 0.2) is 0 Å². The van der Waals surface area contributed by atoms with Gasteiger partial charge in [-0.2, -0.15) is 13.2 Å². The quantitative estimate of drug-likeness (QED) is 0.520. The zero-order chi connectivity index (χ0) is 13.5. The molecule has 0 saturated heterocycles. The van der Waals surface area contributed by atoms with Crippen LogP contribution in [0.2, 0.25) is 0 Å². The van der Waals surface area contributed by atoms with E-state index in [0.29, 0.717) is 18.2 Å². The van der Waals surface area contributed by atoms with Crippen molar-refractivity contribution < 1.29 is 85.9 Å². The van der Waals surface area contributed by atoms with E-state index in [1.807, 2.05) is 0 Å². The molecule has 18 heavy (non-hydrogen) atoms. The molecule has 0 aromatic heterocycles. The standard InChI is InChI=1S/C7H4BF6O2S.K/c9-7(10,11)17(15,16)6-3-1-2-5(4-6)8(12,13)14;/h1-4H;/q-1;+1. The Hall–Kier alpha value is 0.451. The van der Waals surface area contributed by atoms with Crippen molar-refractivity contribution in [3.63, 3.8) is 0 Å². The van der Waals surface area contributed by atoms with Gasteiger partial charge in [0, 0.05) is 0 Å². The van der Waals surface area contributed by atoms with Gasteiger partial charge < -0.3 is 12.9 Å². The van der Waals surface area contributed by atoms with Crippen LogP contribution in [0.3, 0.4) is 0 Å². The smallest absolute Gasteiger partial charge is 0.445 e. The molecule has 1 rings (SSSR count). The summed E-state index contributed by atoms with van der Waals surface area (Å²) in [5, 5.41) is 0. The fourth-order valence-electron chi connectivity index (χ4n) is 1.02. The second-order valence-corrected chi connectivity index (χ2v) is 5.04. The first-order chi connectivity index (χ1) is 7.46. The van der Waals surface area contributed by atoms with E-state index in [0.717, 1.165) is 0 Å². The van der Waals surface area contributed by atoms with Crippen molar-refractivity contribution in [1.29, 1.82) is 0 Å². The first-order valence-electron chi connectivity index (χ1n) is 4.07. The molecule has 0 bridgehead atoms. The SMILES string of the molecule is O=S(=O)(c1cccc([B-](F)(F)F)c1)C(F)(F)F.[K+]. The maximum absolute atomic E-state index is 12.2. The van der Waals surface area contributed by atoms with E-state index in [-0.39, 0.29) is 57.5 Å². The van der Waals surface area contributed by atoms with Crippen LogP contribution in [0.15, 0.2) is 29.2 Å². The molecular weight excluding hydrogens is 312 g/mol. The average molecular weight is 316 g/mol. The van der Waals surface area contributed by atoms with Gasteiger partial charge in [0.2, 0.25) is 0 Å². The van der Waals surface area contributed by atoms with E-state index in [1.165, 1.54) is 0 Å². The summed E-state index contributed by atoms with van der Waals surface area (Å²) in [7, 11) is -5.75. The minimum absolute atomic E-state index is 0. The largest absolute Gasteiger partial charge is 1.00 e. The fraction of sp³-hybridized carbons (Fsp3) is 0.143. The zero-order valence-corrected chi connectivity index (χ0v) is 12.8. The monoisotopic (exact) mass is 316 g/mol. The second-order valence-electron chi connectivity index (χ2n) is 3.10. The van der Waals surface area contributed by atoms with Crippen LogP contribution >= 0.6 is 0 Å². The maximum atomic E-state index is 12.2. The van der Waals surface area contributed by atoms with E-state index >= 15 is 0 Å². The van der Waals surface area contributed by atoms with Crippen LogP contribution in [0.25, 0.3) is 0 Å². The third-order valence-electron chi connectivity index (χ3n) is 1.85. The molecule has 0 fully saturated rings. The van der Waals surface area contributed by atoms with Crippen LogP contribution in [-0.4, -0.2) is 20.9 Å². The number of benzene rings is 1. The number of hydrogen-bond acceptors (Lipinski definition) is 2. The molecule has 1 aromatic carbocycles. The Morgan fingerprint density at radius 2 is 1.56 bits per heavy atom. The second kappa shape index (κ2) is 5.83. The third kappa shape index (κ3) is 3.97. The molecule has 0 heterocycles. The van der Waals surface area contributed by atoms with E-state index < -0.39 is 32.7 Å². The van der Waals surface area contributed by atoms with Crippen LogP contribution in [0.1, 0.15) is 0 Å². The Bertz CT molecular complexity index is 523. The molecule has 0 radical (unpaired) electrons. The van der Waals surface area contributed by atoms with Crippen LogP contribution in [0, 0.1) is 0 Å². The maximum Gasteiger partial charge on any atom is 1.00 e. The molecular formula is C7H4BF6KO2S. The van der Waals surface area contributed by atoms with Crippen LogP contribution in [-0.2, 0) is 9.84 Å². The van der Waals surface area contributed by atoms with Gasteiger partial charge in [-0.05, 0) is 6.07 Å². The van der Waals surface area contributed by atoms with E-state index in [2.05, 4.69) is 0 Å². The number of rotatable bonds is 2. The Labute approximate surface area is 141 Å². The van der Waals surface area contributed by atoms with Crippen LogP contribution in [0.4, 0.5) is 26.1 Å². The van der Waals surface area contributed by atoms with Crippen LogP contribution < -0.4 is 56.8 Å². The summed E-state index contributed by atoms with van der Waals surface area (Å²) < 4.78 is 94.7. The first kappa shape index (κ1) is 18.5. The summed E-state index contributed by atoms with van der Waals surface area (Å²) >= 11 is 0. The molecule has 11 heteroatoms. The summed E-state index contributed by atoms with van der Waals surface area (Å²) in [6, 6.07) is 1.57. The van der Waals surface area contributed by atoms with Gasteiger partial charge in [0.1, 0.15) is 0 Å². The molecule has 0 spiro atoms. The van der Waals surface area contributed by atoms with Crippen molar-refractivity contribution in [3.8, 4) is 0 Å². The fourth-order valence-corrected chi connectivity index (χ4v) is 1.84. The van der Waals surface area contributed by atoms with E-state index in [9.17, 15) is 34.5 Å². The molecule has 0 aliphatic carbocycles. The molecule has 96 valence electrons. The average Bonchev–Trinajstić information content (AvgIpc) is 2.15. The molecule has 0 unspecified atom stereocenters. The minimum atomic E-state index is -5.75. The number of halogens is 6. The van der Waals surface area contributed by atoms with Crippen molar-refractivity contribution in [3.05, 3.63) is 24.3 Å². The molecule has 2 nitrogen and oxygen atoms in total. The van der Waals surface area contributed by atoms with Crippen molar-refractivity contribution in [1.82, 2.24) is 0 Å². The number of sulfone groups is 1. The predicted octanol–water partition coefficient (Wildman–Crippen LogP) is -0.962. The Kier molecular flexibility index (Phi) is 5.98. The Morgan fingerprint density at radius 3 is 1.94 bits per heavy atom. The number of hydrogen-bond donors (Lipinski definition) is 0. The normalized spacial score (nSPS) is 13.0. The van der Waals surface area contributed by atoms with Gasteiger partial charge in [-0.25, -0.2) is 8.42 Å². The van der Waals surface area contributed by atoms with Gasteiger partial charge in [-0.3, -0.25) is 0 Å². The summed E-state index contributed by atoms with van der Waals surface area (Å²) in [5.41, 5.74) is -7.01. The summed E-state index contributed by atoms with van der Waals surface area (Å²) in [5.74, 6) is 0. The van der Waals surface area contributed by atoms with Gasteiger partial charge in [-0.1, -0.05) is 18.2 Å². The van der Waals surface area contributed by atoms with Crippen molar-refractivity contribution >= 4 is 22.3 Å². The third-order valence-corrected chi connectivity index (χ3v) is 3.34. The number of alkyl halides is 3. The Balaban J connectivity index is 0.00000289.